The molecule has 1 saturated heterocycles. The highest BCUT2D eigenvalue weighted by Gasteiger charge is 2.31. The molecular formula is C17H20N2OS. The Labute approximate surface area is 129 Å². The second-order valence-corrected chi connectivity index (χ2v) is 6.59. The zero-order valence-electron chi connectivity index (χ0n) is 12.5. The van der Waals surface area contributed by atoms with E-state index < -0.39 is 0 Å². The lowest BCUT2D eigenvalue weighted by atomic mass is 9.97. The largest absolute Gasteiger partial charge is 0.332 e. The second-order valence-electron chi connectivity index (χ2n) is 5.74. The van der Waals surface area contributed by atoms with Gasteiger partial charge in [-0.3, -0.25) is 4.79 Å². The van der Waals surface area contributed by atoms with Gasteiger partial charge in [0.15, 0.2) is 0 Å². The summed E-state index contributed by atoms with van der Waals surface area (Å²) < 4.78 is 0. The van der Waals surface area contributed by atoms with E-state index in [2.05, 4.69) is 18.8 Å². The third-order valence-electron chi connectivity index (χ3n) is 4.24. The standard InChI is InChI=1S/C17H20N2OS/c1-12-7-6-8-13(2)19(12)17(20)16-15(18-11-21-16)14-9-4-3-5-10-14/h3-5,9-13H,6-8H2,1-2H3. The number of likely N-dealkylation sites (tertiary alicyclic amines) is 1. The molecule has 1 amide bonds. The van der Waals surface area contributed by atoms with E-state index in [9.17, 15) is 4.79 Å². The Bertz CT molecular complexity index is 613. The van der Waals surface area contributed by atoms with E-state index in [1.54, 1.807) is 5.51 Å². The van der Waals surface area contributed by atoms with Gasteiger partial charge in [0.2, 0.25) is 0 Å². The van der Waals surface area contributed by atoms with Gasteiger partial charge in [0, 0.05) is 17.6 Å². The lowest BCUT2D eigenvalue weighted by molar-refractivity contribution is 0.0516. The van der Waals surface area contributed by atoms with Crippen LogP contribution in [0.25, 0.3) is 11.3 Å². The van der Waals surface area contributed by atoms with Crippen molar-refractivity contribution in [1.82, 2.24) is 9.88 Å². The molecule has 1 aromatic heterocycles. The molecule has 1 aliphatic rings. The number of amides is 1. The normalized spacial score (nSPS) is 22.3. The molecule has 2 aromatic rings. The number of hydrogen-bond acceptors (Lipinski definition) is 3. The van der Waals surface area contributed by atoms with Gasteiger partial charge in [-0.15, -0.1) is 11.3 Å². The summed E-state index contributed by atoms with van der Waals surface area (Å²) in [6, 6.07) is 10.6. The Kier molecular flexibility index (Phi) is 4.06. The van der Waals surface area contributed by atoms with Gasteiger partial charge in [0.1, 0.15) is 4.88 Å². The predicted molar refractivity (Wildman–Crippen MR) is 86.5 cm³/mol. The maximum Gasteiger partial charge on any atom is 0.266 e. The van der Waals surface area contributed by atoms with Gasteiger partial charge in [-0.2, -0.15) is 0 Å². The molecule has 1 fully saturated rings. The summed E-state index contributed by atoms with van der Waals surface area (Å²) in [5.74, 6) is 0.135. The molecule has 0 bridgehead atoms. The highest BCUT2D eigenvalue weighted by molar-refractivity contribution is 7.12. The van der Waals surface area contributed by atoms with Gasteiger partial charge in [-0.25, -0.2) is 4.98 Å². The first kappa shape index (κ1) is 14.3. The number of aromatic nitrogens is 1. The van der Waals surface area contributed by atoms with Crippen LogP contribution in [0.1, 0.15) is 42.8 Å². The Morgan fingerprint density at radius 3 is 2.52 bits per heavy atom. The first-order valence-electron chi connectivity index (χ1n) is 7.50. The topological polar surface area (TPSA) is 33.2 Å². The number of rotatable bonds is 2. The Hall–Kier alpha value is -1.68. The Morgan fingerprint density at radius 1 is 1.19 bits per heavy atom. The molecule has 21 heavy (non-hydrogen) atoms. The number of hydrogen-bond donors (Lipinski definition) is 0. The summed E-state index contributed by atoms with van der Waals surface area (Å²) in [7, 11) is 0. The van der Waals surface area contributed by atoms with Crippen LogP contribution in [-0.2, 0) is 0 Å². The number of nitrogens with zero attached hydrogens (tertiary/aromatic N) is 2. The molecule has 3 rings (SSSR count). The predicted octanol–water partition coefficient (Wildman–Crippen LogP) is 4.21. The van der Waals surface area contributed by atoms with Crippen molar-refractivity contribution in [2.24, 2.45) is 0 Å². The number of thiazole rings is 1. The zero-order chi connectivity index (χ0) is 14.8. The van der Waals surface area contributed by atoms with E-state index in [4.69, 9.17) is 0 Å². The Morgan fingerprint density at radius 2 is 1.86 bits per heavy atom. The van der Waals surface area contributed by atoms with E-state index in [1.165, 1.54) is 17.8 Å². The van der Waals surface area contributed by atoms with Crippen molar-refractivity contribution in [2.75, 3.05) is 0 Å². The van der Waals surface area contributed by atoms with Crippen LogP contribution in [0.5, 0.6) is 0 Å². The van der Waals surface area contributed by atoms with E-state index >= 15 is 0 Å². The molecule has 2 atom stereocenters. The van der Waals surface area contributed by atoms with Crippen molar-refractivity contribution in [1.29, 1.82) is 0 Å². The molecule has 0 spiro atoms. The molecule has 2 heterocycles. The van der Waals surface area contributed by atoms with Gasteiger partial charge in [0.25, 0.3) is 5.91 Å². The van der Waals surface area contributed by atoms with Crippen molar-refractivity contribution in [3.63, 3.8) is 0 Å². The van der Waals surface area contributed by atoms with E-state index in [-0.39, 0.29) is 5.91 Å². The van der Waals surface area contributed by atoms with E-state index in [0.29, 0.717) is 12.1 Å². The smallest absolute Gasteiger partial charge is 0.266 e. The van der Waals surface area contributed by atoms with Crippen molar-refractivity contribution < 1.29 is 4.79 Å². The highest BCUT2D eigenvalue weighted by atomic mass is 32.1. The fraction of sp³-hybridized carbons (Fsp3) is 0.412. The van der Waals surface area contributed by atoms with Crippen LogP contribution >= 0.6 is 11.3 Å². The molecule has 0 N–H and O–H groups in total. The van der Waals surface area contributed by atoms with Gasteiger partial charge in [0.05, 0.1) is 11.2 Å². The maximum absolute atomic E-state index is 13.0. The zero-order valence-corrected chi connectivity index (χ0v) is 13.3. The van der Waals surface area contributed by atoms with Crippen LogP contribution < -0.4 is 0 Å². The molecular weight excluding hydrogens is 280 g/mol. The average Bonchev–Trinajstić information content (AvgIpc) is 2.97. The van der Waals surface area contributed by atoms with E-state index in [0.717, 1.165) is 29.0 Å². The van der Waals surface area contributed by atoms with Crippen LogP contribution in [0.3, 0.4) is 0 Å². The van der Waals surface area contributed by atoms with Crippen molar-refractivity contribution in [3.05, 3.63) is 40.7 Å². The molecule has 4 heteroatoms. The third kappa shape index (κ3) is 2.72. The fourth-order valence-corrected chi connectivity index (χ4v) is 3.89. The quantitative estimate of drug-likeness (QED) is 0.832. The molecule has 110 valence electrons. The SMILES string of the molecule is CC1CCCC(C)N1C(=O)c1scnc1-c1ccccc1. The fourth-order valence-electron chi connectivity index (χ4n) is 3.14. The van der Waals surface area contributed by atoms with Crippen LogP contribution in [0.4, 0.5) is 0 Å². The average molecular weight is 300 g/mol. The minimum atomic E-state index is 0.135. The van der Waals surface area contributed by atoms with Crippen molar-refractivity contribution in [3.8, 4) is 11.3 Å². The first-order chi connectivity index (χ1) is 10.2. The van der Waals surface area contributed by atoms with E-state index in [1.807, 2.05) is 35.2 Å². The molecule has 0 aliphatic carbocycles. The highest BCUT2D eigenvalue weighted by Crippen LogP contribution is 2.30. The molecule has 1 aromatic carbocycles. The molecule has 0 saturated carbocycles. The second kappa shape index (κ2) is 5.98. The van der Waals surface area contributed by atoms with Crippen molar-refractivity contribution in [2.45, 2.75) is 45.2 Å². The summed E-state index contributed by atoms with van der Waals surface area (Å²) in [5.41, 5.74) is 3.60. The summed E-state index contributed by atoms with van der Waals surface area (Å²) in [6.45, 7) is 4.30. The number of carbonyl (C=O) groups is 1. The van der Waals surface area contributed by atoms with Crippen LogP contribution in [0.2, 0.25) is 0 Å². The lowest BCUT2D eigenvalue weighted by Gasteiger charge is -2.38. The number of carbonyl (C=O) groups excluding carboxylic acids is 1. The van der Waals surface area contributed by atoms with Gasteiger partial charge in [-0.05, 0) is 33.1 Å². The van der Waals surface area contributed by atoms with Crippen LogP contribution in [0.15, 0.2) is 35.8 Å². The summed E-state index contributed by atoms with van der Waals surface area (Å²) in [6.07, 6.45) is 3.39. The van der Waals surface area contributed by atoms with Gasteiger partial charge >= 0.3 is 0 Å². The lowest BCUT2D eigenvalue weighted by Crippen LogP contribution is -2.47. The number of piperidine rings is 1. The van der Waals surface area contributed by atoms with Gasteiger partial charge in [-0.1, -0.05) is 30.3 Å². The monoisotopic (exact) mass is 300 g/mol. The van der Waals surface area contributed by atoms with Crippen LogP contribution in [-0.4, -0.2) is 27.9 Å². The maximum atomic E-state index is 13.0. The Balaban J connectivity index is 1.94. The third-order valence-corrected chi connectivity index (χ3v) is 5.05. The molecule has 1 aliphatic heterocycles. The summed E-state index contributed by atoms with van der Waals surface area (Å²) in [4.78, 5) is 20.2. The van der Waals surface area contributed by atoms with Gasteiger partial charge < -0.3 is 4.90 Å². The molecule has 3 nitrogen and oxygen atoms in total. The minimum absolute atomic E-state index is 0.135. The first-order valence-corrected chi connectivity index (χ1v) is 8.38. The summed E-state index contributed by atoms with van der Waals surface area (Å²) in [5, 5.41) is 0. The van der Waals surface area contributed by atoms with Crippen molar-refractivity contribution >= 4 is 17.2 Å². The molecule has 2 unspecified atom stereocenters. The molecule has 0 radical (unpaired) electrons. The van der Waals surface area contributed by atoms with Crippen LogP contribution in [0, 0.1) is 0 Å². The summed E-state index contributed by atoms with van der Waals surface area (Å²) >= 11 is 1.45. The minimum Gasteiger partial charge on any atom is -0.332 e. The number of benzene rings is 1.